The zero-order chi connectivity index (χ0) is 12.0. The van der Waals surface area contributed by atoms with Crippen LogP contribution in [0.3, 0.4) is 0 Å². The fourth-order valence-electron chi connectivity index (χ4n) is 1.47. The van der Waals surface area contributed by atoms with Crippen molar-refractivity contribution in [3.8, 4) is 0 Å². The van der Waals surface area contributed by atoms with Gasteiger partial charge in [-0.1, -0.05) is 6.92 Å². The Morgan fingerprint density at radius 2 is 2.12 bits per heavy atom. The molecule has 0 aliphatic heterocycles. The number of rotatable bonds is 6. The van der Waals surface area contributed by atoms with E-state index in [1.165, 1.54) is 10.4 Å². The molecule has 1 aromatic rings. The summed E-state index contributed by atoms with van der Waals surface area (Å²) in [6.07, 6.45) is 1.12. The average molecular weight is 241 g/mol. The van der Waals surface area contributed by atoms with E-state index in [0.717, 1.165) is 26.1 Å². The van der Waals surface area contributed by atoms with E-state index in [2.05, 4.69) is 44.5 Å². The van der Waals surface area contributed by atoms with Gasteiger partial charge in [-0.05, 0) is 44.2 Å². The largest absolute Gasteiger partial charge is 0.375 e. The van der Waals surface area contributed by atoms with Gasteiger partial charge in [0.15, 0.2) is 0 Å². The van der Waals surface area contributed by atoms with Gasteiger partial charge in [0.2, 0.25) is 0 Å². The first-order valence-electron chi connectivity index (χ1n) is 5.93. The highest BCUT2D eigenvalue weighted by Crippen LogP contribution is 2.16. The summed E-state index contributed by atoms with van der Waals surface area (Å²) < 4.78 is 5.65. The Morgan fingerprint density at radius 3 is 2.75 bits per heavy atom. The summed E-state index contributed by atoms with van der Waals surface area (Å²) in [5, 5.41) is 5.59. The Balaban J connectivity index is 2.16. The zero-order valence-corrected chi connectivity index (χ0v) is 11.6. The molecule has 0 atom stereocenters. The highest BCUT2D eigenvalue weighted by molar-refractivity contribution is 7.10. The summed E-state index contributed by atoms with van der Waals surface area (Å²) >= 11 is 1.83. The molecule has 0 saturated carbocycles. The lowest BCUT2D eigenvalue weighted by molar-refractivity contribution is -0.000872. The van der Waals surface area contributed by atoms with Gasteiger partial charge in [-0.25, -0.2) is 0 Å². The number of hydrogen-bond acceptors (Lipinski definition) is 3. The van der Waals surface area contributed by atoms with Crippen molar-refractivity contribution in [2.45, 2.75) is 46.3 Å². The Morgan fingerprint density at radius 1 is 1.38 bits per heavy atom. The Labute approximate surface area is 103 Å². The molecule has 0 aliphatic carbocycles. The molecule has 1 rings (SSSR count). The van der Waals surface area contributed by atoms with Gasteiger partial charge in [0.1, 0.15) is 0 Å². The van der Waals surface area contributed by atoms with Crippen LogP contribution in [0.15, 0.2) is 11.4 Å². The van der Waals surface area contributed by atoms with Crippen LogP contribution in [0, 0.1) is 0 Å². The topological polar surface area (TPSA) is 21.3 Å². The van der Waals surface area contributed by atoms with Crippen LogP contribution in [0.5, 0.6) is 0 Å². The summed E-state index contributed by atoms with van der Waals surface area (Å²) in [6.45, 7) is 11.1. The predicted molar refractivity (Wildman–Crippen MR) is 71.1 cm³/mol. The SMILES string of the molecule is CCc1ccsc1CNCCOC(C)(C)C. The Hall–Kier alpha value is -0.380. The monoisotopic (exact) mass is 241 g/mol. The molecule has 1 N–H and O–H groups in total. The second-order valence-electron chi connectivity index (χ2n) is 4.86. The quantitative estimate of drug-likeness (QED) is 0.772. The molecular formula is C13H23NOS. The minimum absolute atomic E-state index is 0.0286. The molecule has 0 bridgehead atoms. The van der Waals surface area contributed by atoms with Crippen LogP contribution in [-0.4, -0.2) is 18.8 Å². The summed E-state index contributed by atoms with van der Waals surface area (Å²) in [5.41, 5.74) is 1.44. The summed E-state index contributed by atoms with van der Waals surface area (Å²) in [4.78, 5) is 1.46. The van der Waals surface area contributed by atoms with Gasteiger partial charge in [-0.2, -0.15) is 0 Å². The van der Waals surface area contributed by atoms with Crippen LogP contribution in [0.4, 0.5) is 0 Å². The number of hydrogen-bond donors (Lipinski definition) is 1. The molecule has 0 radical (unpaired) electrons. The maximum Gasteiger partial charge on any atom is 0.0599 e. The third kappa shape index (κ3) is 5.10. The molecule has 0 unspecified atom stereocenters. The number of ether oxygens (including phenoxy) is 1. The lowest BCUT2D eigenvalue weighted by atomic mass is 10.2. The van der Waals surface area contributed by atoms with Crippen LogP contribution >= 0.6 is 11.3 Å². The smallest absolute Gasteiger partial charge is 0.0599 e. The second-order valence-corrected chi connectivity index (χ2v) is 5.86. The molecule has 1 aromatic heterocycles. The minimum Gasteiger partial charge on any atom is -0.375 e. The molecule has 0 spiro atoms. The average Bonchev–Trinajstić information content (AvgIpc) is 2.63. The molecule has 0 aliphatic rings. The minimum atomic E-state index is -0.0286. The van der Waals surface area contributed by atoms with Gasteiger partial charge in [-0.3, -0.25) is 0 Å². The summed E-state index contributed by atoms with van der Waals surface area (Å²) in [7, 11) is 0. The third-order valence-electron chi connectivity index (χ3n) is 2.32. The van der Waals surface area contributed by atoms with Crippen molar-refractivity contribution < 1.29 is 4.74 Å². The third-order valence-corrected chi connectivity index (χ3v) is 3.28. The van der Waals surface area contributed by atoms with Gasteiger partial charge < -0.3 is 10.1 Å². The first-order valence-corrected chi connectivity index (χ1v) is 6.81. The molecule has 0 fully saturated rings. The van der Waals surface area contributed by atoms with E-state index >= 15 is 0 Å². The Bertz CT molecular complexity index is 301. The summed E-state index contributed by atoms with van der Waals surface area (Å²) in [6, 6.07) is 2.22. The fourth-order valence-corrected chi connectivity index (χ4v) is 2.41. The number of thiophene rings is 1. The lowest BCUT2D eigenvalue weighted by Gasteiger charge is -2.19. The van der Waals surface area contributed by atoms with Crippen molar-refractivity contribution in [2.75, 3.05) is 13.2 Å². The molecule has 0 saturated heterocycles. The maximum atomic E-state index is 5.65. The number of nitrogens with one attached hydrogen (secondary N) is 1. The second kappa shape index (κ2) is 6.38. The highest BCUT2D eigenvalue weighted by Gasteiger charge is 2.08. The first kappa shape index (κ1) is 13.7. The normalized spacial score (nSPS) is 12.0. The highest BCUT2D eigenvalue weighted by atomic mass is 32.1. The van der Waals surface area contributed by atoms with Gasteiger partial charge >= 0.3 is 0 Å². The number of aryl methyl sites for hydroxylation is 1. The fraction of sp³-hybridized carbons (Fsp3) is 0.692. The van der Waals surface area contributed by atoms with Crippen molar-refractivity contribution in [1.29, 1.82) is 0 Å². The van der Waals surface area contributed by atoms with Gasteiger partial charge in [0.05, 0.1) is 12.2 Å². The Kier molecular flexibility index (Phi) is 5.46. The van der Waals surface area contributed by atoms with Crippen molar-refractivity contribution in [2.24, 2.45) is 0 Å². The van der Waals surface area contributed by atoms with E-state index in [-0.39, 0.29) is 5.60 Å². The molecule has 3 heteroatoms. The lowest BCUT2D eigenvalue weighted by Crippen LogP contribution is -2.26. The van der Waals surface area contributed by atoms with Crippen molar-refractivity contribution in [3.05, 3.63) is 21.9 Å². The van der Waals surface area contributed by atoms with Gasteiger partial charge in [0.25, 0.3) is 0 Å². The van der Waals surface area contributed by atoms with E-state index in [4.69, 9.17) is 4.74 Å². The molecular weight excluding hydrogens is 218 g/mol. The summed E-state index contributed by atoms with van der Waals surface area (Å²) in [5.74, 6) is 0. The molecule has 0 amide bonds. The maximum absolute atomic E-state index is 5.65. The zero-order valence-electron chi connectivity index (χ0n) is 10.8. The van der Waals surface area contributed by atoms with Crippen LogP contribution in [0.1, 0.15) is 38.1 Å². The predicted octanol–water partition coefficient (Wildman–Crippen LogP) is 3.22. The van der Waals surface area contributed by atoms with E-state index in [1.807, 2.05) is 11.3 Å². The standard InChI is InChI=1S/C13H23NOS/c1-5-11-6-9-16-12(11)10-14-7-8-15-13(2,3)4/h6,9,14H,5,7-8,10H2,1-4H3. The first-order chi connectivity index (χ1) is 7.53. The van der Waals surface area contributed by atoms with E-state index < -0.39 is 0 Å². The van der Waals surface area contributed by atoms with Crippen LogP contribution < -0.4 is 5.32 Å². The van der Waals surface area contributed by atoms with Crippen molar-refractivity contribution in [3.63, 3.8) is 0 Å². The molecule has 1 heterocycles. The van der Waals surface area contributed by atoms with Crippen LogP contribution in [-0.2, 0) is 17.7 Å². The van der Waals surface area contributed by atoms with E-state index in [1.54, 1.807) is 0 Å². The van der Waals surface area contributed by atoms with Gasteiger partial charge in [-0.15, -0.1) is 11.3 Å². The van der Waals surface area contributed by atoms with E-state index in [9.17, 15) is 0 Å². The van der Waals surface area contributed by atoms with Crippen molar-refractivity contribution >= 4 is 11.3 Å². The van der Waals surface area contributed by atoms with Crippen molar-refractivity contribution in [1.82, 2.24) is 5.32 Å². The molecule has 2 nitrogen and oxygen atoms in total. The van der Waals surface area contributed by atoms with E-state index in [0.29, 0.717) is 0 Å². The molecule has 92 valence electrons. The molecule has 0 aromatic carbocycles. The molecule has 16 heavy (non-hydrogen) atoms. The van der Waals surface area contributed by atoms with Gasteiger partial charge in [0, 0.05) is 18.0 Å². The van der Waals surface area contributed by atoms with Crippen LogP contribution in [0.2, 0.25) is 0 Å². The van der Waals surface area contributed by atoms with Crippen LogP contribution in [0.25, 0.3) is 0 Å².